The van der Waals surface area contributed by atoms with Crippen LogP contribution in [0.4, 0.5) is 10.5 Å². The number of barbiturate groups is 1. The minimum Gasteiger partial charge on any atom is -0.373 e. The molecular formula is C27H27N3O3. The van der Waals surface area contributed by atoms with Gasteiger partial charge in [-0.05, 0) is 47.7 Å². The molecule has 2 aliphatic heterocycles. The average Bonchev–Trinajstić information content (AvgIpc) is 2.82. The summed E-state index contributed by atoms with van der Waals surface area (Å²) in [6, 6.07) is 21.1. The lowest BCUT2D eigenvalue weighted by atomic mass is 9.73. The Morgan fingerprint density at radius 3 is 2.48 bits per heavy atom. The van der Waals surface area contributed by atoms with Crippen LogP contribution in [-0.4, -0.2) is 42.4 Å². The lowest BCUT2D eigenvalue weighted by molar-refractivity contribution is -0.152. The summed E-state index contributed by atoms with van der Waals surface area (Å²) < 4.78 is 0. The topological polar surface area (TPSA) is 69.7 Å². The Labute approximate surface area is 193 Å². The lowest BCUT2D eigenvalue weighted by Gasteiger charge is -2.46. The smallest absolute Gasteiger partial charge is 0.331 e. The molecule has 0 aliphatic carbocycles. The Hall–Kier alpha value is -3.67. The van der Waals surface area contributed by atoms with Gasteiger partial charge < -0.3 is 4.90 Å². The van der Waals surface area contributed by atoms with E-state index in [1.54, 1.807) is 0 Å². The number of aryl methyl sites for hydroxylation is 1. The summed E-state index contributed by atoms with van der Waals surface area (Å²) in [4.78, 5) is 43.1. The highest BCUT2D eigenvalue weighted by molar-refractivity contribution is 6.20. The fourth-order valence-corrected chi connectivity index (χ4v) is 5.26. The molecule has 5 rings (SSSR count). The molecule has 0 unspecified atom stereocenters. The summed E-state index contributed by atoms with van der Waals surface area (Å²) in [6.07, 6.45) is 1.64. The number of amides is 4. The standard InChI is InChI=1S/C27H27N3O3/c1-18(12-13-19-8-4-3-5-9-19)30-25(32)27(24(31)28-26(30)33)16-22-21-11-7-6-10-20(21)14-15-23(22)29(2)17-27/h3-11,14-15,18H,12-13,16-17H2,1-2H3,(H,28,31,33)/t18-,27-/m1/s1. The van der Waals surface area contributed by atoms with Gasteiger partial charge in [0.15, 0.2) is 0 Å². The molecule has 1 spiro atoms. The van der Waals surface area contributed by atoms with E-state index in [1.165, 1.54) is 4.90 Å². The molecule has 3 aromatic carbocycles. The van der Waals surface area contributed by atoms with Crippen molar-refractivity contribution in [3.8, 4) is 0 Å². The number of nitrogens with one attached hydrogen (secondary N) is 1. The van der Waals surface area contributed by atoms with Crippen LogP contribution in [0.3, 0.4) is 0 Å². The fourth-order valence-electron chi connectivity index (χ4n) is 5.26. The summed E-state index contributed by atoms with van der Waals surface area (Å²) in [6.45, 7) is 2.11. The number of carbonyl (C=O) groups excluding carboxylic acids is 3. The van der Waals surface area contributed by atoms with Crippen LogP contribution >= 0.6 is 0 Å². The molecule has 6 nitrogen and oxygen atoms in total. The first-order valence-electron chi connectivity index (χ1n) is 11.4. The molecule has 3 aromatic rings. The predicted octanol–water partition coefficient (Wildman–Crippen LogP) is 3.92. The van der Waals surface area contributed by atoms with Crippen LogP contribution in [0.2, 0.25) is 0 Å². The highest BCUT2D eigenvalue weighted by atomic mass is 16.2. The van der Waals surface area contributed by atoms with Crippen molar-refractivity contribution in [1.82, 2.24) is 10.2 Å². The molecule has 4 amide bonds. The quantitative estimate of drug-likeness (QED) is 0.623. The third-order valence-corrected chi connectivity index (χ3v) is 7.05. The number of benzene rings is 3. The van der Waals surface area contributed by atoms with Crippen molar-refractivity contribution in [2.75, 3.05) is 18.5 Å². The molecular weight excluding hydrogens is 414 g/mol. The molecule has 1 saturated heterocycles. The van der Waals surface area contributed by atoms with Gasteiger partial charge in [0.1, 0.15) is 5.41 Å². The Bertz CT molecular complexity index is 1260. The Balaban J connectivity index is 1.49. The maximum Gasteiger partial charge on any atom is 0.331 e. The Morgan fingerprint density at radius 1 is 0.970 bits per heavy atom. The predicted molar refractivity (Wildman–Crippen MR) is 128 cm³/mol. The second-order valence-electron chi connectivity index (χ2n) is 9.21. The lowest BCUT2D eigenvalue weighted by Crippen LogP contribution is -2.69. The zero-order valence-corrected chi connectivity index (χ0v) is 18.9. The van der Waals surface area contributed by atoms with Crippen molar-refractivity contribution < 1.29 is 14.4 Å². The molecule has 2 heterocycles. The zero-order valence-electron chi connectivity index (χ0n) is 18.9. The second kappa shape index (κ2) is 8.03. The molecule has 168 valence electrons. The van der Waals surface area contributed by atoms with Crippen molar-refractivity contribution >= 4 is 34.3 Å². The molecule has 33 heavy (non-hydrogen) atoms. The molecule has 0 radical (unpaired) electrons. The molecule has 0 bridgehead atoms. The van der Waals surface area contributed by atoms with Crippen molar-refractivity contribution in [2.45, 2.75) is 32.2 Å². The number of carbonyl (C=O) groups is 3. The summed E-state index contributed by atoms with van der Waals surface area (Å²) in [7, 11) is 1.90. The van der Waals surface area contributed by atoms with Crippen LogP contribution in [0.25, 0.3) is 10.8 Å². The Kier molecular flexibility index (Phi) is 5.16. The van der Waals surface area contributed by atoms with Crippen LogP contribution in [-0.2, 0) is 22.4 Å². The molecule has 1 fully saturated rings. The number of hydrogen-bond acceptors (Lipinski definition) is 4. The van der Waals surface area contributed by atoms with Gasteiger partial charge >= 0.3 is 6.03 Å². The highest BCUT2D eigenvalue weighted by Gasteiger charge is 2.57. The maximum absolute atomic E-state index is 13.9. The van der Waals surface area contributed by atoms with Crippen LogP contribution in [0, 0.1) is 5.41 Å². The van der Waals surface area contributed by atoms with Gasteiger partial charge in [-0.1, -0.05) is 60.7 Å². The van der Waals surface area contributed by atoms with Gasteiger partial charge in [0.25, 0.3) is 0 Å². The molecule has 0 saturated carbocycles. The van der Waals surface area contributed by atoms with Gasteiger partial charge in [-0.15, -0.1) is 0 Å². The van der Waals surface area contributed by atoms with E-state index in [-0.39, 0.29) is 19.0 Å². The number of anilines is 1. The maximum atomic E-state index is 13.9. The van der Waals surface area contributed by atoms with E-state index < -0.39 is 23.3 Å². The van der Waals surface area contributed by atoms with Crippen molar-refractivity contribution in [3.63, 3.8) is 0 Å². The molecule has 6 heteroatoms. The van der Waals surface area contributed by atoms with Crippen molar-refractivity contribution in [1.29, 1.82) is 0 Å². The number of urea groups is 1. The van der Waals surface area contributed by atoms with Gasteiger partial charge in [-0.2, -0.15) is 0 Å². The van der Waals surface area contributed by atoms with E-state index in [2.05, 4.69) is 11.4 Å². The second-order valence-corrected chi connectivity index (χ2v) is 9.21. The van der Waals surface area contributed by atoms with Crippen LogP contribution < -0.4 is 10.2 Å². The minimum atomic E-state index is -1.33. The third-order valence-electron chi connectivity index (χ3n) is 7.05. The zero-order chi connectivity index (χ0) is 23.2. The number of imide groups is 2. The summed E-state index contributed by atoms with van der Waals surface area (Å²) in [5.74, 6) is -0.906. The monoisotopic (exact) mass is 441 g/mol. The fraction of sp³-hybridized carbons (Fsp3) is 0.296. The number of rotatable bonds is 4. The summed E-state index contributed by atoms with van der Waals surface area (Å²) in [5, 5.41) is 4.59. The third kappa shape index (κ3) is 3.46. The van der Waals surface area contributed by atoms with Gasteiger partial charge in [-0.3, -0.25) is 19.8 Å². The normalized spacial score (nSPS) is 21.3. The van der Waals surface area contributed by atoms with E-state index in [0.29, 0.717) is 6.42 Å². The average molecular weight is 442 g/mol. The van der Waals surface area contributed by atoms with E-state index in [9.17, 15) is 14.4 Å². The first-order valence-corrected chi connectivity index (χ1v) is 11.4. The van der Waals surface area contributed by atoms with Gasteiger partial charge in [0.2, 0.25) is 11.8 Å². The van der Waals surface area contributed by atoms with Gasteiger partial charge in [-0.25, -0.2) is 4.79 Å². The van der Waals surface area contributed by atoms with E-state index in [1.807, 2.05) is 79.5 Å². The SMILES string of the molecule is C[C@H](CCc1ccccc1)N1C(=O)NC(=O)[C@]2(Cc3c(ccc4ccccc34)N(C)C2)C1=O. The van der Waals surface area contributed by atoms with E-state index in [0.717, 1.165) is 34.0 Å². The summed E-state index contributed by atoms with van der Waals surface area (Å²) >= 11 is 0. The molecule has 2 atom stereocenters. The first-order chi connectivity index (χ1) is 15.9. The van der Waals surface area contributed by atoms with Crippen molar-refractivity contribution in [3.05, 3.63) is 77.9 Å². The molecule has 2 aliphatic rings. The molecule has 1 N–H and O–H groups in total. The largest absolute Gasteiger partial charge is 0.373 e. The highest BCUT2D eigenvalue weighted by Crippen LogP contribution is 2.42. The van der Waals surface area contributed by atoms with E-state index in [4.69, 9.17) is 0 Å². The number of nitrogens with zero attached hydrogens (tertiary/aromatic N) is 2. The van der Waals surface area contributed by atoms with Crippen LogP contribution in [0.15, 0.2) is 66.7 Å². The Morgan fingerprint density at radius 2 is 1.70 bits per heavy atom. The number of fused-ring (bicyclic) bond motifs is 3. The van der Waals surface area contributed by atoms with Gasteiger partial charge in [0, 0.05) is 31.7 Å². The number of hydrogen-bond donors (Lipinski definition) is 1. The van der Waals surface area contributed by atoms with E-state index >= 15 is 0 Å². The van der Waals surface area contributed by atoms with Gasteiger partial charge in [0.05, 0.1) is 0 Å². The van der Waals surface area contributed by atoms with Crippen molar-refractivity contribution in [2.24, 2.45) is 5.41 Å². The minimum absolute atomic E-state index is 0.234. The summed E-state index contributed by atoms with van der Waals surface area (Å²) in [5.41, 5.74) is 1.80. The van der Waals surface area contributed by atoms with Crippen LogP contribution in [0.1, 0.15) is 24.5 Å². The molecule has 0 aromatic heterocycles. The van der Waals surface area contributed by atoms with Crippen LogP contribution in [0.5, 0.6) is 0 Å². The first kappa shape index (κ1) is 21.2.